The van der Waals surface area contributed by atoms with E-state index in [4.69, 9.17) is 5.11 Å². The standard InChI is InChI=1S/C12H19NO4/c14-10(13-7-11(15)16)6-12(17)8-2-1-3-9(12)5-4-8/h8-9,17H,1-7H2,(H,13,14)(H,15,16)/t8-,9?,12?/m1/s1. The minimum atomic E-state index is -1.06. The number of aliphatic carboxylic acids is 1. The Kier molecular flexibility index (Phi) is 3.38. The number of carboxylic acid groups (broad SMARTS) is 1. The molecule has 0 aliphatic heterocycles. The highest BCUT2D eigenvalue weighted by atomic mass is 16.4. The van der Waals surface area contributed by atoms with Crippen LogP contribution in [0.1, 0.15) is 38.5 Å². The number of carbonyl (C=O) groups is 2. The predicted octanol–water partition coefficient (Wildman–Crippen LogP) is 0.518. The number of carbonyl (C=O) groups excluding carboxylic acids is 1. The number of carboxylic acids is 1. The Morgan fingerprint density at radius 3 is 2.29 bits per heavy atom. The maximum Gasteiger partial charge on any atom is 0.322 e. The molecule has 17 heavy (non-hydrogen) atoms. The lowest BCUT2D eigenvalue weighted by Crippen LogP contribution is -2.47. The van der Waals surface area contributed by atoms with Crippen LogP contribution in [0.25, 0.3) is 0 Å². The van der Waals surface area contributed by atoms with Gasteiger partial charge in [-0.1, -0.05) is 6.42 Å². The van der Waals surface area contributed by atoms with Gasteiger partial charge in [0.05, 0.1) is 12.0 Å². The molecular formula is C12H19NO4. The van der Waals surface area contributed by atoms with Crippen molar-refractivity contribution < 1.29 is 19.8 Å². The van der Waals surface area contributed by atoms with Gasteiger partial charge in [0.2, 0.25) is 5.91 Å². The average molecular weight is 241 g/mol. The predicted molar refractivity (Wildman–Crippen MR) is 60.3 cm³/mol. The summed E-state index contributed by atoms with van der Waals surface area (Å²) in [7, 11) is 0. The SMILES string of the molecule is O=C(O)CNC(=O)CC1(O)C2CCC[C@@H]1CC2. The van der Waals surface area contributed by atoms with Gasteiger partial charge in [0.1, 0.15) is 6.54 Å². The minimum Gasteiger partial charge on any atom is -0.480 e. The van der Waals surface area contributed by atoms with Crippen molar-refractivity contribution in [3.05, 3.63) is 0 Å². The van der Waals surface area contributed by atoms with Crippen molar-refractivity contribution in [3.63, 3.8) is 0 Å². The van der Waals surface area contributed by atoms with Gasteiger partial charge < -0.3 is 15.5 Å². The Bertz CT molecular complexity index is 312. The molecule has 5 heteroatoms. The van der Waals surface area contributed by atoms with E-state index >= 15 is 0 Å². The first-order valence-electron chi connectivity index (χ1n) is 6.23. The molecular weight excluding hydrogens is 222 g/mol. The van der Waals surface area contributed by atoms with Crippen LogP contribution < -0.4 is 5.32 Å². The van der Waals surface area contributed by atoms with Gasteiger partial charge in [0.25, 0.3) is 0 Å². The lowest BCUT2D eigenvalue weighted by molar-refractivity contribution is -0.140. The Labute approximate surface area is 100 Å². The van der Waals surface area contributed by atoms with Crippen LogP contribution in [0.2, 0.25) is 0 Å². The summed E-state index contributed by atoms with van der Waals surface area (Å²) in [5.74, 6) is -0.973. The normalized spacial score (nSPS) is 35.6. The molecule has 96 valence electrons. The molecule has 0 heterocycles. The molecule has 2 rings (SSSR count). The molecule has 0 aromatic rings. The molecule has 0 aromatic heterocycles. The van der Waals surface area contributed by atoms with Crippen LogP contribution >= 0.6 is 0 Å². The maximum atomic E-state index is 11.6. The van der Waals surface area contributed by atoms with E-state index < -0.39 is 11.6 Å². The molecule has 2 aliphatic rings. The number of hydrogen-bond donors (Lipinski definition) is 3. The Morgan fingerprint density at radius 2 is 1.76 bits per heavy atom. The smallest absolute Gasteiger partial charge is 0.322 e. The second kappa shape index (κ2) is 4.64. The highest BCUT2D eigenvalue weighted by Gasteiger charge is 2.51. The number of amides is 1. The third-order valence-corrected chi connectivity index (χ3v) is 4.26. The summed E-state index contributed by atoms with van der Waals surface area (Å²) < 4.78 is 0. The molecule has 5 nitrogen and oxygen atoms in total. The van der Waals surface area contributed by atoms with Gasteiger partial charge in [-0.3, -0.25) is 9.59 Å². The van der Waals surface area contributed by atoms with Gasteiger partial charge in [-0.2, -0.15) is 0 Å². The number of hydrogen-bond acceptors (Lipinski definition) is 3. The van der Waals surface area contributed by atoms with Crippen LogP contribution in [0.3, 0.4) is 0 Å². The molecule has 0 saturated heterocycles. The number of aliphatic hydroxyl groups is 1. The lowest BCUT2D eigenvalue weighted by atomic mass is 9.72. The van der Waals surface area contributed by atoms with Crippen molar-refractivity contribution in [3.8, 4) is 0 Å². The lowest BCUT2D eigenvalue weighted by Gasteiger charge is -2.39. The van der Waals surface area contributed by atoms with Gasteiger partial charge in [-0.25, -0.2) is 0 Å². The van der Waals surface area contributed by atoms with Crippen LogP contribution in [0.4, 0.5) is 0 Å². The third-order valence-electron chi connectivity index (χ3n) is 4.26. The summed E-state index contributed by atoms with van der Waals surface area (Å²) in [6, 6.07) is 0. The summed E-state index contributed by atoms with van der Waals surface area (Å²) in [6.07, 6.45) is 5.14. The zero-order valence-corrected chi connectivity index (χ0v) is 9.82. The fourth-order valence-corrected chi connectivity index (χ4v) is 3.42. The average Bonchev–Trinajstić information content (AvgIpc) is 2.48. The van der Waals surface area contributed by atoms with E-state index in [-0.39, 0.29) is 30.7 Å². The Balaban J connectivity index is 1.93. The molecule has 2 unspecified atom stereocenters. The van der Waals surface area contributed by atoms with E-state index in [1.54, 1.807) is 0 Å². The van der Waals surface area contributed by atoms with Crippen LogP contribution in [-0.4, -0.2) is 34.2 Å². The van der Waals surface area contributed by atoms with Gasteiger partial charge in [-0.15, -0.1) is 0 Å². The molecule has 0 radical (unpaired) electrons. The van der Waals surface area contributed by atoms with Crippen LogP contribution in [0, 0.1) is 11.8 Å². The van der Waals surface area contributed by atoms with Crippen molar-refractivity contribution in [1.82, 2.24) is 5.32 Å². The molecule has 1 amide bonds. The van der Waals surface area contributed by atoms with Crippen molar-refractivity contribution in [2.24, 2.45) is 11.8 Å². The van der Waals surface area contributed by atoms with Crippen LogP contribution in [-0.2, 0) is 9.59 Å². The molecule has 2 aliphatic carbocycles. The molecule has 0 spiro atoms. The summed E-state index contributed by atoms with van der Waals surface area (Å²) in [5.41, 5.74) is -0.888. The van der Waals surface area contributed by atoms with E-state index in [1.807, 2.05) is 0 Å². The zero-order chi connectivity index (χ0) is 12.5. The van der Waals surface area contributed by atoms with E-state index in [0.717, 1.165) is 32.1 Å². The van der Waals surface area contributed by atoms with E-state index in [9.17, 15) is 14.7 Å². The quantitative estimate of drug-likeness (QED) is 0.669. The van der Waals surface area contributed by atoms with E-state index in [1.165, 1.54) is 0 Å². The van der Waals surface area contributed by atoms with Gasteiger partial charge in [-0.05, 0) is 37.5 Å². The topological polar surface area (TPSA) is 86.6 Å². The fraction of sp³-hybridized carbons (Fsp3) is 0.833. The Morgan fingerprint density at radius 1 is 1.18 bits per heavy atom. The van der Waals surface area contributed by atoms with Crippen molar-refractivity contribution in [2.75, 3.05) is 6.54 Å². The maximum absolute atomic E-state index is 11.6. The first-order valence-corrected chi connectivity index (χ1v) is 6.23. The number of nitrogens with one attached hydrogen (secondary N) is 1. The van der Waals surface area contributed by atoms with Crippen molar-refractivity contribution in [1.29, 1.82) is 0 Å². The minimum absolute atomic E-state index is 0.0512. The molecule has 2 bridgehead atoms. The Hall–Kier alpha value is -1.10. The highest BCUT2D eigenvalue weighted by molar-refractivity contribution is 5.81. The van der Waals surface area contributed by atoms with Gasteiger partial charge >= 0.3 is 5.97 Å². The van der Waals surface area contributed by atoms with E-state index in [0.29, 0.717) is 0 Å². The van der Waals surface area contributed by atoms with Gasteiger partial charge in [0, 0.05) is 0 Å². The summed E-state index contributed by atoms with van der Waals surface area (Å²) in [4.78, 5) is 21.9. The molecule has 2 fully saturated rings. The summed E-state index contributed by atoms with van der Waals surface area (Å²) >= 11 is 0. The molecule has 0 aromatic carbocycles. The van der Waals surface area contributed by atoms with Crippen LogP contribution in [0.15, 0.2) is 0 Å². The third kappa shape index (κ3) is 2.44. The molecule has 3 N–H and O–H groups in total. The van der Waals surface area contributed by atoms with Gasteiger partial charge in [0.15, 0.2) is 0 Å². The number of rotatable bonds is 4. The monoisotopic (exact) mass is 241 g/mol. The van der Waals surface area contributed by atoms with E-state index in [2.05, 4.69) is 5.32 Å². The summed E-state index contributed by atoms with van der Waals surface area (Å²) in [5, 5.41) is 21.4. The van der Waals surface area contributed by atoms with Crippen molar-refractivity contribution >= 4 is 11.9 Å². The second-order valence-electron chi connectivity index (χ2n) is 5.24. The molecule has 3 atom stereocenters. The van der Waals surface area contributed by atoms with Crippen LogP contribution in [0.5, 0.6) is 0 Å². The van der Waals surface area contributed by atoms with Crippen molar-refractivity contribution in [2.45, 2.75) is 44.1 Å². The first kappa shape index (κ1) is 12.4. The first-order chi connectivity index (χ1) is 8.02. The summed E-state index contributed by atoms with van der Waals surface area (Å²) in [6.45, 7) is -0.371. The second-order valence-corrected chi connectivity index (χ2v) is 5.24. The zero-order valence-electron chi connectivity index (χ0n) is 9.82. The largest absolute Gasteiger partial charge is 0.480 e. The molecule has 2 saturated carbocycles. The number of fused-ring (bicyclic) bond motifs is 2. The highest BCUT2D eigenvalue weighted by Crippen LogP contribution is 2.51. The fourth-order valence-electron chi connectivity index (χ4n) is 3.42.